The molecule has 0 aliphatic rings. The van der Waals surface area contributed by atoms with Crippen molar-refractivity contribution in [3.8, 4) is 0 Å². The summed E-state index contributed by atoms with van der Waals surface area (Å²) < 4.78 is 0. The van der Waals surface area contributed by atoms with E-state index < -0.39 is 0 Å². The van der Waals surface area contributed by atoms with Crippen LogP contribution in [-0.4, -0.2) is 0 Å². The lowest BCUT2D eigenvalue weighted by molar-refractivity contribution is 1.11. The van der Waals surface area contributed by atoms with Crippen molar-refractivity contribution in [2.75, 3.05) is 0 Å². The van der Waals surface area contributed by atoms with Gasteiger partial charge in [0.2, 0.25) is 0 Å². The van der Waals surface area contributed by atoms with Gasteiger partial charge in [-0.05, 0) is 6.42 Å². The van der Waals surface area contributed by atoms with E-state index in [9.17, 15) is 0 Å². The minimum Gasteiger partial charge on any atom is -0.269 e. The van der Waals surface area contributed by atoms with Crippen LogP contribution in [0.3, 0.4) is 0 Å². The molecule has 0 bridgehead atoms. The molecule has 0 spiro atoms. The summed E-state index contributed by atoms with van der Waals surface area (Å²) in [7, 11) is 0. The van der Waals surface area contributed by atoms with Crippen LogP contribution < -0.4 is 0 Å². The second-order valence-electron chi connectivity index (χ2n) is 1.61. The van der Waals surface area contributed by atoms with Crippen LogP contribution >= 0.6 is 0 Å². The molecule has 0 aliphatic carbocycles. The van der Waals surface area contributed by atoms with Crippen molar-refractivity contribution in [3.63, 3.8) is 0 Å². The summed E-state index contributed by atoms with van der Waals surface area (Å²) in [5.41, 5.74) is 1.14. The molecule has 9 heavy (non-hydrogen) atoms. The minimum absolute atomic E-state index is 0. The summed E-state index contributed by atoms with van der Waals surface area (Å²) in [5.74, 6) is 0. The molecule has 0 amide bonds. The maximum Gasteiger partial charge on any atom is -0.0313 e. The van der Waals surface area contributed by atoms with Gasteiger partial charge in [0.15, 0.2) is 0 Å². The number of allylic oxidation sites excluding steroid dienone is 4. The van der Waals surface area contributed by atoms with Gasteiger partial charge in [-0.25, -0.2) is 0 Å². The van der Waals surface area contributed by atoms with Crippen molar-refractivity contribution in [1.82, 2.24) is 0 Å². The van der Waals surface area contributed by atoms with Gasteiger partial charge in [-0.15, -0.1) is 0 Å². The molecule has 0 aromatic rings. The molecule has 0 aromatic carbocycles. The molecule has 0 fully saturated rings. The minimum atomic E-state index is 0. The molecule has 0 unspecified atom stereocenters. The Hall–Kier alpha value is -0.850. The Morgan fingerprint density at radius 2 is 2.11 bits per heavy atom. The number of rotatable bonds is 3. The molecule has 0 atom stereocenters. The van der Waals surface area contributed by atoms with E-state index in [1.807, 2.05) is 12.2 Å². The van der Waals surface area contributed by atoms with Crippen LogP contribution in [0.4, 0.5) is 4.70 Å². The summed E-state index contributed by atoms with van der Waals surface area (Å²) in [6, 6.07) is 0. The van der Waals surface area contributed by atoms with Gasteiger partial charge in [-0.1, -0.05) is 43.9 Å². The molecule has 0 saturated heterocycles. The zero-order chi connectivity index (χ0) is 6.41. The molecule has 0 N–H and O–H groups in total. The lowest BCUT2D eigenvalue weighted by Gasteiger charge is -1.86. The first-order valence-corrected chi connectivity index (χ1v) is 2.78. The predicted octanol–water partition coefficient (Wildman–Crippen LogP) is 2.85. The Kier molecular flexibility index (Phi) is 8.75. The average molecular weight is 128 g/mol. The Balaban J connectivity index is 0. The van der Waals surface area contributed by atoms with E-state index in [4.69, 9.17) is 0 Å². The summed E-state index contributed by atoms with van der Waals surface area (Å²) in [6.45, 7) is 9.39. The first-order chi connectivity index (χ1) is 3.81. The van der Waals surface area contributed by atoms with Crippen LogP contribution in [0.15, 0.2) is 37.0 Å². The molecule has 0 nitrogen and oxygen atoms in total. The molecule has 0 saturated carbocycles. The van der Waals surface area contributed by atoms with Crippen LogP contribution in [0.25, 0.3) is 0 Å². The topological polar surface area (TPSA) is 0 Å². The quantitative estimate of drug-likeness (QED) is 0.513. The number of hydrogen-bond donors (Lipinski definition) is 0. The zero-order valence-corrected chi connectivity index (χ0v) is 5.76. The predicted molar refractivity (Wildman–Crippen MR) is 41.3 cm³/mol. The van der Waals surface area contributed by atoms with E-state index in [-0.39, 0.29) is 4.70 Å². The van der Waals surface area contributed by atoms with Crippen molar-refractivity contribution in [1.29, 1.82) is 0 Å². The van der Waals surface area contributed by atoms with Crippen molar-refractivity contribution in [2.24, 2.45) is 0 Å². The normalized spacial score (nSPS) is 8.56. The summed E-state index contributed by atoms with van der Waals surface area (Å²) in [6.07, 6.45) is 6.63. The van der Waals surface area contributed by atoms with Crippen LogP contribution in [0.5, 0.6) is 0 Å². The summed E-state index contributed by atoms with van der Waals surface area (Å²) in [4.78, 5) is 0. The van der Waals surface area contributed by atoms with Crippen molar-refractivity contribution in [2.45, 2.75) is 13.3 Å². The first kappa shape index (κ1) is 11.0. The highest BCUT2D eigenvalue weighted by molar-refractivity contribution is 5.17. The number of hydrogen-bond acceptors (Lipinski definition) is 0. The van der Waals surface area contributed by atoms with Crippen LogP contribution in [0.2, 0.25) is 0 Å². The van der Waals surface area contributed by atoms with Gasteiger partial charge >= 0.3 is 0 Å². The van der Waals surface area contributed by atoms with Crippen LogP contribution in [0, 0.1) is 0 Å². The molecular formula is C8H13F. The van der Waals surface area contributed by atoms with Crippen molar-refractivity contribution < 1.29 is 4.70 Å². The van der Waals surface area contributed by atoms with Gasteiger partial charge in [-0.3, -0.25) is 4.70 Å². The third-order valence-corrected chi connectivity index (χ3v) is 0.922. The molecule has 0 radical (unpaired) electrons. The smallest absolute Gasteiger partial charge is 0.0313 e. The Labute approximate surface area is 56.0 Å². The average Bonchev–Trinajstić information content (AvgIpc) is 1.83. The highest BCUT2D eigenvalue weighted by Crippen LogP contribution is 1.96. The monoisotopic (exact) mass is 128 g/mol. The highest BCUT2D eigenvalue weighted by atomic mass is 19.0. The van der Waals surface area contributed by atoms with Gasteiger partial charge in [0.05, 0.1) is 0 Å². The fraction of sp³-hybridized carbons (Fsp3) is 0.250. The number of halogens is 1. The highest BCUT2D eigenvalue weighted by Gasteiger charge is 1.75. The standard InChI is InChI=1S/C8H12.FH/c1-4-6-7-8(3)5-2;/h4,6-7H,1,3,5H2,2H3;1H/b7-6-;. The van der Waals surface area contributed by atoms with Gasteiger partial charge < -0.3 is 0 Å². The van der Waals surface area contributed by atoms with Crippen LogP contribution in [-0.2, 0) is 0 Å². The summed E-state index contributed by atoms with van der Waals surface area (Å²) >= 11 is 0. The second-order valence-corrected chi connectivity index (χ2v) is 1.61. The summed E-state index contributed by atoms with van der Waals surface area (Å²) in [5, 5.41) is 0. The van der Waals surface area contributed by atoms with E-state index in [1.54, 1.807) is 6.08 Å². The molecule has 0 heterocycles. The Morgan fingerprint density at radius 1 is 1.56 bits per heavy atom. The third-order valence-electron chi connectivity index (χ3n) is 0.922. The SMILES string of the molecule is C=C/C=C\C(=C)CC.F. The van der Waals surface area contributed by atoms with Gasteiger partial charge in [0, 0.05) is 0 Å². The Bertz CT molecular complexity index is 112. The Morgan fingerprint density at radius 3 is 2.44 bits per heavy atom. The zero-order valence-electron chi connectivity index (χ0n) is 5.76. The van der Waals surface area contributed by atoms with Crippen molar-refractivity contribution >= 4 is 0 Å². The van der Waals surface area contributed by atoms with E-state index >= 15 is 0 Å². The van der Waals surface area contributed by atoms with E-state index in [0.717, 1.165) is 12.0 Å². The maximum absolute atomic E-state index is 3.78. The van der Waals surface area contributed by atoms with E-state index in [1.165, 1.54) is 0 Å². The second kappa shape index (κ2) is 7.15. The van der Waals surface area contributed by atoms with Gasteiger partial charge in [0.1, 0.15) is 0 Å². The van der Waals surface area contributed by atoms with Gasteiger partial charge in [-0.2, -0.15) is 0 Å². The maximum atomic E-state index is 3.78. The van der Waals surface area contributed by atoms with Crippen LogP contribution in [0.1, 0.15) is 13.3 Å². The largest absolute Gasteiger partial charge is 0.269 e. The molecule has 0 rings (SSSR count). The fourth-order valence-electron chi connectivity index (χ4n) is 0.322. The molecule has 0 aromatic heterocycles. The lowest BCUT2D eigenvalue weighted by atomic mass is 10.2. The van der Waals surface area contributed by atoms with Crippen molar-refractivity contribution in [3.05, 3.63) is 37.0 Å². The van der Waals surface area contributed by atoms with E-state index in [0.29, 0.717) is 0 Å². The lowest BCUT2D eigenvalue weighted by Crippen LogP contribution is -1.65. The molecule has 52 valence electrons. The van der Waals surface area contributed by atoms with Gasteiger partial charge in [0.25, 0.3) is 0 Å². The molecule has 0 aliphatic heterocycles. The fourth-order valence-corrected chi connectivity index (χ4v) is 0.322. The molecule has 1 heteroatoms. The first-order valence-electron chi connectivity index (χ1n) is 2.78. The third kappa shape index (κ3) is 7.15. The molecular weight excluding hydrogens is 115 g/mol. The van der Waals surface area contributed by atoms with E-state index in [2.05, 4.69) is 20.1 Å².